The van der Waals surface area contributed by atoms with E-state index in [0.717, 1.165) is 12.3 Å². The highest BCUT2D eigenvalue weighted by Crippen LogP contribution is 2.54. The van der Waals surface area contributed by atoms with E-state index >= 15 is 0 Å². The van der Waals surface area contributed by atoms with E-state index < -0.39 is 0 Å². The molecule has 0 aromatic heterocycles. The van der Waals surface area contributed by atoms with E-state index in [0.29, 0.717) is 17.8 Å². The first-order valence-electron chi connectivity index (χ1n) is 7.24. The fourth-order valence-electron chi connectivity index (χ4n) is 3.29. The molecule has 2 fully saturated rings. The fraction of sp³-hybridized carbons (Fsp3) is 0.923. The number of hydrogen-bond acceptors (Lipinski definition) is 4. The molecule has 5 nitrogen and oxygen atoms in total. The Bertz CT molecular complexity index is 338. The predicted octanol–water partition coefficient (Wildman–Crippen LogP) is 1.49. The van der Waals surface area contributed by atoms with Crippen molar-refractivity contribution in [3.8, 4) is 0 Å². The summed E-state index contributed by atoms with van der Waals surface area (Å²) in [7, 11) is -0.376. The molecule has 3 atom stereocenters. The van der Waals surface area contributed by atoms with Crippen molar-refractivity contribution in [1.29, 1.82) is 0 Å². The van der Waals surface area contributed by atoms with Gasteiger partial charge >= 0.3 is 7.12 Å². The summed E-state index contributed by atoms with van der Waals surface area (Å²) in [5.74, 6) is 1.44. The normalized spacial score (nSPS) is 33.1. The lowest BCUT2D eigenvalue weighted by atomic mass is 9.53. The smallest absolute Gasteiger partial charge is 0.391 e. The minimum Gasteiger partial charge on any atom is -0.391 e. The molecule has 2 rings (SSSR count). The molecule has 0 aromatic carbocycles. The monoisotopic (exact) mass is 268 g/mol. The van der Waals surface area contributed by atoms with Gasteiger partial charge in [-0.15, -0.1) is 0 Å². The zero-order chi connectivity index (χ0) is 14.0. The molecule has 0 bridgehead atoms. The molecule has 1 saturated carbocycles. The van der Waals surface area contributed by atoms with Gasteiger partial charge < -0.3 is 14.7 Å². The lowest BCUT2D eigenvalue weighted by Crippen LogP contribution is -2.47. The van der Waals surface area contributed by atoms with Gasteiger partial charge in [-0.2, -0.15) is 5.48 Å². The van der Waals surface area contributed by atoms with Crippen LogP contribution in [-0.4, -0.2) is 25.7 Å². The summed E-state index contributed by atoms with van der Waals surface area (Å²) in [6.07, 6.45) is 3.84. The summed E-state index contributed by atoms with van der Waals surface area (Å²) in [6, 6.07) is 0. The van der Waals surface area contributed by atoms with Crippen LogP contribution >= 0.6 is 0 Å². The second-order valence-corrected chi connectivity index (χ2v) is 6.32. The highest BCUT2D eigenvalue weighted by molar-refractivity contribution is 6.45. The van der Waals surface area contributed by atoms with E-state index in [1.165, 1.54) is 19.8 Å². The van der Waals surface area contributed by atoms with Gasteiger partial charge in [-0.25, -0.2) is 0 Å². The van der Waals surface area contributed by atoms with Crippen molar-refractivity contribution >= 4 is 13.0 Å². The van der Waals surface area contributed by atoms with E-state index in [1.807, 2.05) is 0 Å². The molecule has 0 aromatic rings. The predicted molar refractivity (Wildman–Crippen MR) is 73.8 cm³/mol. The van der Waals surface area contributed by atoms with Crippen LogP contribution in [-0.2, 0) is 14.2 Å². The Hall–Kier alpha value is -0.585. The molecule has 1 heterocycles. The van der Waals surface area contributed by atoms with E-state index in [2.05, 4.69) is 31.6 Å². The van der Waals surface area contributed by atoms with E-state index in [4.69, 9.17) is 9.41 Å². The molecular formula is C13H25BN2O3. The summed E-state index contributed by atoms with van der Waals surface area (Å²) < 4.78 is 11.1. The minimum absolute atomic E-state index is 0.0548. The van der Waals surface area contributed by atoms with Crippen molar-refractivity contribution in [3.05, 3.63) is 0 Å². The van der Waals surface area contributed by atoms with Crippen LogP contribution in [0.1, 0.15) is 47.0 Å². The summed E-state index contributed by atoms with van der Waals surface area (Å²) in [5, 5.41) is 2.69. The van der Waals surface area contributed by atoms with Crippen LogP contribution in [0.3, 0.4) is 0 Å². The summed E-state index contributed by atoms with van der Waals surface area (Å²) in [5.41, 5.74) is 3.32. The summed E-state index contributed by atoms with van der Waals surface area (Å²) in [6.45, 7) is 8.45. The Morgan fingerprint density at radius 2 is 2.21 bits per heavy atom. The minimum atomic E-state index is -0.376. The zero-order valence-electron chi connectivity index (χ0n) is 12.4. The summed E-state index contributed by atoms with van der Waals surface area (Å²) in [4.78, 5) is 10.8. The van der Waals surface area contributed by atoms with Gasteiger partial charge in [-0.3, -0.25) is 4.79 Å². The first-order chi connectivity index (χ1) is 8.93. The largest absolute Gasteiger partial charge is 0.496 e. The fourth-order valence-corrected chi connectivity index (χ4v) is 3.29. The van der Waals surface area contributed by atoms with Crippen molar-refractivity contribution < 1.29 is 14.2 Å². The zero-order valence-corrected chi connectivity index (χ0v) is 12.4. The Kier molecular flexibility index (Phi) is 4.53. The quantitative estimate of drug-likeness (QED) is 0.742. The second-order valence-electron chi connectivity index (χ2n) is 6.32. The molecule has 0 spiro atoms. The van der Waals surface area contributed by atoms with Gasteiger partial charge in [0.15, 0.2) is 0 Å². The van der Waals surface area contributed by atoms with Gasteiger partial charge in [0.2, 0.25) is 5.91 Å². The average molecular weight is 268 g/mol. The van der Waals surface area contributed by atoms with E-state index in [9.17, 15) is 4.79 Å². The van der Waals surface area contributed by atoms with Crippen LogP contribution in [0.5, 0.6) is 0 Å². The number of hydroxylamine groups is 1. The Balaban J connectivity index is 1.73. The third-order valence-corrected chi connectivity index (χ3v) is 4.83. The first kappa shape index (κ1) is 14.8. The summed E-state index contributed by atoms with van der Waals surface area (Å²) >= 11 is 0. The van der Waals surface area contributed by atoms with Crippen LogP contribution in [0.2, 0.25) is 0 Å². The Morgan fingerprint density at radius 1 is 1.47 bits per heavy atom. The van der Waals surface area contributed by atoms with Crippen LogP contribution < -0.4 is 10.8 Å². The lowest BCUT2D eigenvalue weighted by Gasteiger charge is -2.53. The van der Waals surface area contributed by atoms with Gasteiger partial charge in [0.05, 0.1) is 6.44 Å². The van der Waals surface area contributed by atoms with Crippen molar-refractivity contribution in [1.82, 2.24) is 10.8 Å². The molecule has 1 aliphatic heterocycles. The number of nitrogens with one attached hydrogen (secondary N) is 2. The van der Waals surface area contributed by atoms with Gasteiger partial charge in [0.25, 0.3) is 0 Å². The maximum atomic E-state index is 10.8. The highest BCUT2D eigenvalue weighted by atomic mass is 16.8. The van der Waals surface area contributed by atoms with Crippen molar-refractivity contribution in [2.45, 2.75) is 53.2 Å². The number of carbonyl (C=O) groups is 1. The average Bonchev–Trinajstić information content (AvgIpc) is 2.79. The van der Waals surface area contributed by atoms with Crippen LogP contribution in [0.25, 0.3) is 0 Å². The van der Waals surface area contributed by atoms with Gasteiger partial charge in [-0.1, -0.05) is 27.2 Å². The molecule has 2 aliphatic rings. The maximum Gasteiger partial charge on any atom is 0.496 e. The first-order valence-corrected chi connectivity index (χ1v) is 7.24. The molecule has 19 heavy (non-hydrogen) atoms. The topological polar surface area (TPSA) is 59.6 Å². The molecule has 2 N–H and O–H groups in total. The number of carbonyl (C=O) groups excluding carboxylic acids is 1. The Morgan fingerprint density at radius 3 is 2.79 bits per heavy atom. The lowest BCUT2D eigenvalue weighted by molar-refractivity contribution is -0.118. The molecular weight excluding hydrogens is 243 g/mol. The van der Waals surface area contributed by atoms with Crippen LogP contribution in [0.15, 0.2) is 0 Å². The van der Waals surface area contributed by atoms with Crippen molar-refractivity contribution in [2.75, 3.05) is 6.44 Å². The van der Waals surface area contributed by atoms with Crippen molar-refractivity contribution in [2.24, 2.45) is 17.3 Å². The number of amides is 1. The van der Waals surface area contributed by atoms with Crippen molar-refractivity contribution in [3.63, 3.8) is 0 Å². The second kappa shape index (κ2) is 5.81. The number of hydrogen-bond donors (Lipinski definition) is 2. The molecule has 1 amide bonds. The van der Waals surface area contributed by atoms with Crippen LogP contribution in [0, 0.1) is 17.3 Å². The third kappa shape index (κ3) is 3.30. The SMILES string of the molecule is CC[C@H]1C[C@@H](C[C@@H]2NOB(CNC(C)=O)O2)C1(C)C. The van der Waals surface area contributed by atoms with E-state index in [-0.39, 0.29) is 19.3 Å². The maximum absolute atomic E-state index is 10.8. The standard InChI is InChI=1S/C13H25BN2O3/c1-5-10-6-11(13(10,3)4)7-12-16-19-14(18-12)8-15-9(2)17/h10-12,16H,5-8H2,1-4H3,(H,15,17)/t10-,11-,12+/m0/s1. The van der Waals surface area contributed by atoms with Gasteiger partial charge in [-0.05, 0) is 30.1 Å². The molecule has 0 unspecified atom stereocenters. The van der Waals surface area contributed by atoms with Gasteiger partial charge in [0, 0.05) is 6.92 Å². The Labute approximate surface area is 115 Å². The van der Waals surface area contributed by atoms with Gasteiger partial charge in [0.1, 0.15) is 6.23 Å². The molecule has 0 radical (unpaired) electrons. The highest BCUT2D eigenvalue weighted by Gasteiger charge is 2.48. The molecule has 108 valence electrons. The molecule has 6 heteroatoms. The third-order valence-electron chi connectivity index (χ3n) is 4.83. The number of rotatable bonds is 5. The molecule has 1 aliphatic carbocycles. The van der Waals surface area contributed by atoms with E-state index in [1.54, 1.807) is 0 Å². The van der Waals surface area contributed by atoms with Crippen LogP contribution in [0.4, 0.5) is 0 Å². The molecule has 1 saturated heterocycles.